The molecule has 0 aliphatic carbocycles. The van der Waals surface area contributed by atoms with Crippen LogP contribution in [0, 0.1) is 5.92 Å². The molecule has 1 aromatic carbocycles. The van der Waals surface area contributed by atoms with Gasteiger partial charge in [0.25, 0.3) is 0 Å². The molecule has 1 unspecified atom stereocenters. The van der Waals surface area contributed by atoms with E-state index in [1.54, 1.807) is 34.9 Å². The molecule has 2 heterocycles. The molecule has 0 bridgehead atoms. The predicted molar refractivity (Wildman–Crippen MR) is 84.9 cm³/mol. The zero-order valence-electron chi connectivity index (χ0n) is 11.5. The molecule has 0 spiro atoms. The highest BCUT2D eigenvalue weighted by molar-refractivity contribution is 7.89. The van der Waals surface area contributed by atoms with Crippen molar-refractivity contribution in [1.29, 1.82) is 0 Å². The minimum atomic E-state index is -3.46. The number of halogens is 1. The van der Waals surface area contributed by atoms with E-state index in [9.17, 15) is 8.42 Å². The lowest BCUT2D eigenvalue weighted by molar-refractivity contribution is 0.460. The highest BCUT2D eigenvalue weighted by Crippen LogP contribution is 2.28. The van der Waals surface area contributed by atoms with Gasteiger partial charge in [0, 0.05) is 36.3 Å². The molecule has 1 atom stereocenters. The van der Waals surface area contributed by atoms with E-state index in [1.807, 2.05) is 6.07 Å². The number of nitrogens with two attached hydrogens (primary N) is 1. The molecule has 2 aromatic rings. The molecule has 0 saturated carbocycles. The maximum Gasteiger partial charge on any atom is 0.243 e. The number of pyridine rings is 1. The van der Waals surface area contributed by atoms with Crippen molar-refractivity contribution in [3.8, 4) is 0 Å². The number of hydrogen-bond acceptors (Lipinski definition) is 4. The van der Waals surface area contributed by atoms with Crippen molar-refractivity contribution in [3.05, 3.63) is 36.7 Å². The lowest BCUT2D eigenvalue weighted by Gasteiger charge is -2.17. The van der Waals surface area contributed by atoms with E-state index < -0.39 is 10.0 Å². The van der Waals surface area contributed by atoms with Gasteiger partial charge in [0.05, 0.1) is 4.90 Å². The van der Waals surface area contributed by atoms with Crippen LogP contribution in [0.2, 0.25) is 0 Å². The molecule has 1 aliphatic rings. The minimum Gasteiger partial charge on any atom is -0.330 e. The first-order chi connectivity index (χ1) is 9.63. The van der Waals surface area contributed by atoms with E-state index in [2.05, 4.69) is 4.98 Å². The van der Waals surface area contributed by atoms with Gasteiger partial charge in [0.15, 0.2) is 0 Å². The third kappa shape index (κ3) is 2.89. The molecule has 0 radical (unpaired) electrons. The smallest absolute Gasteiger partial charge is 0.243 e. The average Bonchev–Trinajstić information content (AvgIpc) is 2.96. The number of rotatable bonds is 3. The van der Waals surface area contributed by atoms with Crippen molar-refractivity contribution >= 4 is 33.2 Å². The first kappa shape index (κ1) is 16.2. The predicted octanol–water partition coefficient (Wildman–Crippen LogP) is 1.63. The van der Waals surface area contributed by atoms with Gasteiger partial charge in [-0.3, -0.25) is 4.98 Å². The van der Waals surface area contributed by atoms with Crippen molar-refractivity contribution in [2.45, 2.75) is 11.3 Å². The molecule has 114 valence electrons. The van der Waals surface area contributed by atoms with E-state index in [1.165, 1.54) is 0 Å². The number of sulfonamides is 1. The first-order valence-corrected chi connectivity index (χ1v) is 8.10. The van der Waals surface area contributed by atoms with Gasteiger partial charge in [-0.25, -0.2) is 8.42 Å². The van der Waals surface area contributed by atoms with Crippen LogP contribution in [0.3, 0.4) is 0 Å². The zero-order chi connectivity index (χ0) is 14.2. The highest BCUT2D eigenvalue weighted by Gasteiger charge is 2.32. The number of aromatic nitrogens is 1. The fraction of sp³-hybridized carbons (Fsp3) is 0.357. The van der Waals surface area contributed by atoms with Crippen LogP contribution in [0.25, 0.3) is 10.8 Å². The molecular formula is C14H18ClN3O2S. The Hall–Kier alpha value is -1.21. The number of nitrogens with zero attached hydrogens (tertiary/aromatic N) is 2. The van der Waals surface area contributed by atoms with Gasteiger partial charge in [0.2, 0.25) is 10.0 Å². The molecule has 2 N–H and O–H groups in total. The monoisotopic (exact) mass is 327 g/mol. The van der Waals surface area contributed by atoms with Crippen LogP contribution in [0.1, 0.15) is 6.42 Å². The largest absolute Gasteiger partial charge is 0.330 e. The van der Waals surface area contributed by atoms with E-state index in [0.29, 0.717) is 24.5 Å². The highest BCUT2D eigenvalue weighted by atomic mass is 35.5. The van der Waals surface area contributed by atoms with E-state index in [4.69, 9.17) is 5.73 Å². The molecule has 1 aliphatic heterocycles. The van der Waals surface area contributed by atoms with E-state index >= 15 is 0 Å². The third-order valence-electron chi connectivity index (χ3n) is 3.84. The molecule has 1 aromatic heterocycles. The quantitative estimate of drug-likeness (QED) is 0.929. The summed E-state index contributed by atoms with van der Waals surface area (Å²) in [6, 6.07) is 7.04. The van der Waals surface area contributed by atoms with Crippen LogP contribution in [0.5, 0.6) is 0 Å². The number of hydrogen-bond donors (Lipinski definition) is 1. The SMILES string of the molecule is Cl.NCC1CCN(S(=O)(=O)c2cccc3cnccc23)C1. The Bertz CT molecular complexity index is 731. The molecular weight excluding hydrogens is 310 g/mol. The second-order valence-electron chi connectivity index (χ2n) is 5.11. The summed E-state index contributed by atoms with van der Waals surface area (Å²) < 4.78 is 27.1. The lowest BCUT2D eigenvalue weighted by atomic mass is 10.1. The van der Waals surface area contributed by atoms with Crippen LogP contribution in [-0.4, -0.2) is 37.3 Å². The van der Waals surface area contributed by atoms with Gasteiger partial charge in [-0.1, -0.05) is 12.1 Å². The summed E-state index contributed by atoms with van der Waals surface area (Å²) >= 11 is 0. The molecule has 3 rings (SSSR count). The average molecular weight is 328 g/mol. The van der Waals surface area contributed by atoms with E-state index in [-0.39, 0.29) is 18.3 Å². The second-order valence-corrected chi connectivity index (χ2v) is 7.01. The maximum absolute atomic E-state index is 12.8. The van der Waals surface area contributed by atoms with Gasteiger partial charge >= 0.3 is 0 Å². The Labute approximate surface area is 130 Å². The van der Waals surface area contributed by atoms with Crippen LogP contribution in [-0.2, 0) is 10.0 Å². The van der Waals surface area contributed by atoms with Gasteiger partial charge in [0.1, 0.15) is 0 Å². The minimum absolute atomic E-state index is 0. The standard InChI is InChI=1S/C14H17N3O2S.ClH/c15-8-11-5-7-17(10-11)20(18,19)14-3-1-2-12-9-16-6-4-13(12)14;/h1-4,6,9,11H,5,7-8,10,15H2;1H. The Morgan fingerprint density at radius 2 is 2.14 bits per heavy atom. The normalized spacial score (nSPS) is 19.6. The number of benzene rings is 1. The Kier molecular flexibility index (Phi) is 4.83. The summed E-state index contributed by atoms with van der Waals surface area (Å²) in [5, 5.41) is 1.56. The summed E-state index contributed by atoms with van der Waals surface area (Å²) in [7, 11) is -3.46. The van der Waals surface area contributed by atoms with Crippen molar-refractivity contribution < 1.29 is 8.42 Å². The topological polar surface area (TPSA) is 76.3 Å². The van der Waals surface area contributed by atoms with Crippen LogP contribution < -0.4 is 5.73 Å². The van der Waals surface area contributed by atoms with Crippen molar-refractivity contribution in [2.24, 2.45) is 11.7 Å². The summed E-state index contributed by atoms with van der Waals surface area (Å²) in [4.78, 5) is 4.39. The fourth-order valence-electron chi connectivity index (χ4n) is 2.66. The van der Waals surface area contributed by atoms with Gasteiger partial charge in [-0.05, 0) is 31.0 Å². The first-order valence-electron chi connectivity index (χ1n) is 6.66. The van der Waals surface area contributed by atoms with Crippen LogP contribution >= 0.6 is 12.4 Å². The molecule has 1 saturated heterocycles. The van der Waals surface area contributed by atoms with Gasteiger partial charge in [-0.2, -0.15) is 4.31 Å². The van der Waals surface area contributed by atoms with Crippen LogP contribution in [0.4, 0.5) is 0 Å². The van der Waals surface area contributed by atoms with Crippen molar-refractivity contribution in [3.63, 3.8) is 0 Å². The molecule has 5 nitrogen and oxygen atoms in total. The molecule has 21 heavy (non-hydrogen) atoms. The third-order valence-corrected chi connectivity index (χ3v) is 5.76. The number of fused-ring (bicyclic) bond motifs is 1. The summed E-state index contributed by atoms with van der Waals surface area (Å²) in [6.45, 7) is 1.59. The molecule has 1 fully saturated rings. The van der Waals surface area contributed by atoms with Crippen molar-refractivity contribution in [2.75, 3.05) is 19.6 Å². The Morgan fingerprint density at radius 3 is 2.86 bits per heavy atom. The maximum atomic E-state index is 12.8. The second kappa shape index (κ2) is 6.27. The summed E-state index contributed by atoms with van der Waals surface area (Å²) in [6.07, 6.45) is 4.14. The van der Waals surface area contributed by atoms with Crippen molar-refractivity contribution in [1.82, 2.24) is 9.29 Å². The summed E-state index contributed by atoms with van der Waals surface area (Å²) in [5.74, 6) is 0.265. The van der Waals surface area contributed by atoms with Crippen LogP contribution in [0.15, 0.2) is 41.6 Å². The molecule has 7 heteroatoms. The fourth-order valence-corrected chi connectivity index (χ4v) is 4.41. The Morgan fingerprint density at radius 1 is 1.33 bits per heavy atom. The molecule has 0 amide bonds. The Balaban J connectivity index is 0.00000161. The lowest BCUT2D eigenvalue weighted by Crippen LogP contribution is -2.30. The zero-order valence-corrected chi connectivity index (χ0v) is 13.1. The van der Waals surface area contributed by atoms with Gasteiger partial charge in [-0.15, -0.1) is 12.4 Å². The summed E-state index contributed by atoms with van der Waals surface area (Å²) in [5.41, 5.74) is 5.64. The van der Waals surface area contributed by atoms with E-state index in [0.717, 1.165) is 17.2 Å². The van der Waals surface area contributed by atoms with Gasteiger partial charge < -0.3 is 5.73 Å².